The number of aromatic nitrogens is 3. The summed E-state index contributed by atoms with van der Waals surface area (Å²) < 4.78 is 29.2. The Hall–Kier alpha value is -2.92. The Morgan fingerprint density at radius 2 is 1.88 bits per heavy atom. The third-order valence-corrected chi connectivity index (χ3v) is 8.05. The van der Waals surface area contributed by atoms with Crippen molar-refractivity contribution >= 4 is 39.1 Å². The van der Waals surface area contributed by atoms with Gasteiger partial charge in [0.25, 0.3) is 10.0 Å². The highest BCUT2D eigenvalue weighted by molar-refractivity contribution is 7.89. The normalized spacial score (nSPS) is 17.0. The van der Waals surface area contributed by atoms with Crippen LogP contribution >= 0.6 is 23.2 Å². The molecule has 1 aliphatic heterocycles. The van der Waals surface area contributed by atoms with Crippen LogP contribution in [0.1, 0.15) is 29.8 Å². The Balaban J connectivity index is 1.58. The summed E-state index contributed by atoms with van der Waals surface area (Å²) in [6.07, 6.45) is 4.25. The summed E-state index contributed by atoms with van der Waals surface area (Å²) in [5, 5.41) is 20.4. The Kier molecular flexibility index (Phi) is 6.94. The molecule has 1 amide bonds. The van der Waals surface area contributed by atoms with Gasteiger partial charge in [0.1, 0.15) is 6.04 Å². The van der Waals surface area contributed by atoms with Crippen LogP contribution in [0, 0.1) is 0 Å². The van der Waals surface area contributed by atoms with Crippen molar-refractivity contribution in [1.82, 2.24) is 24.6 Å². The SMILES string of the molecule is C[C@H](c1ccc(CO)cc1)n1cc(CC2C(=O)NC=CN2S(=O)(=O)c2ccc(Cl)c(Cl)c2)nn1. The van der Waals surface area contributed by atoms with Crippen LogP contribution in [0.2, 0.25) is 10.0 Å². The summed E-state index contributed by atoms with van der Waals surface area (Å²) in [4.78, 5) is 12.6. The van der Waals surface area contributed by atoms with Crippen molar-refractivity contribution in [3.05, 3.63) is 87.9 Å². The van der Waals surface area contributed by atoms with Gasteiger partial charge in [-0.15, -0.1) is 5.10 Å². The fraction of sp³-hybridized carbons (Fsp3) is 0.227. The molecule has 1 aliphatic rings. The first-order chi connectivity index (χ1) is 16.2. The molecular weight excluding hydrogens is 501 g/mol. The molecule has 0 saturated heterocycles. The Morgan fingerprint density at radius 1 is 1.15 bits per heavy atom. The molecule has 0 spiro atoms. The number of nitrogens with zero attached hydrogens (tertiary/aromatic N) is 4. The van der Waals surface area contributed by atoms with Crippen molar-refractivity contribution in [2.24, 2.45) is 0 Å². The Bertz CT molecular complexity index is 1340. The maximum absolute atomic E-state index is 13.3. The zero-order valence-electron chi connectivity index (χ0n) is 18.0. The van der Waals surface area contributed by atoms with Gasteiger partial charge in [-0.1, -0.05) is 52.7 Å². The maximum atomic E-state index is 13.3. The van der Waals surface area contributed by atoms with Crippen LogP contribution in [-0.2, 0) is 27.8 Å². The number of amides is 1. The number of nitrogens with one attached hydrogen (secondary N) is 1. The molecule has 1 aromatic heterocycles. The van der Waals surface area contributed by atoms with Crippen molar-refractivity contribution in [2.45, 2.75) is 36.9 Å². The quantitative estimate of drug-likeness (QED) is 0.493. The van der Waals surface area contributed by atoms with Gasteiger partial charge in [0.05, 0.1) is 33.3 Å². The molecule has 12 heteroatoms. The standard InChI is InChI=1S/C22H21Cl2N5O4S/c1-14(16-4-2-15(13-30)3-5-16)28-12-17(26-27-28)10-21-22(31)25-8-9-29(21)34(32,33)18-6-7-19(23)20(24)11-18/h2-9,11-12,14,21,30H,10,13H2,1H3,(H,25,31)/t14-,21?/m1/s1. The molecule has 1 unspecified atom stereocenters. The van der Waals surface area contributed by atoms with E-state index < -0.39 is 22.0 Å². The highest BCUT2D eigenvalue weighted by Gasteiger charge is 2.36. The third kappa shape index (κ3) is 4.80. The number of hydrogen-bond acceptors (Lipinski definition) is 6. The smallest absolute Gasteiger partial charge is 0.264 e. The lowest BCUT2D eigenvalue weighted by molar-refractivity contribution is -0.124. The monoisotopic (exact) mass is 521 g/mol. The molecule has 0 fully saturated rings. The molecule has 34 heavy (non-hydrogen) atoms. The first-order valence-electron chi connectivity index (χ1n) is 10.3. The van der Waals surface area contributed by atoms with Crippen LogP contribution in [-0.4, -0.2) is 44.8 Å². The highest BCUT2D eigenvalue weighted by atomic mass is 35.5. The van der Waals surface area contributed by atoms with E-state index in [0.29, 0.717) is 5.69 Å². The van der Waals surface area contributed by atoms with Crippen molar-refractivity contribution in [2.75, 3.05) is 0 Å². The van der Waals surface area contributed by atoms with Crippen molar-refractivity contribution in [3.8, 4) is 0 Å². The van der Waals surface area contributed by atoms with Crippen LogP contribution in [0.15, 0.2) is 66.0 Å². The van der Waals surface area contributed by atoms with E-state index in [-0.39, 0.29) is 34.0 Å². The number of sulfonamides is 1. The number of aliphatic hydroxyl groups excluding tert-OH is 1. The van der Waals surface area contributed by atoms with E-state index in [0.717, 1.165) is 15.4 Å². The zero-order valence-corrected chi connectivity index (χ0v) is 20.3. The fourth-order valence-electron chi connectivity index (χ4n) is 3.55. The van der Waals surface area contributed by atoms with Gasteiger partial charge >= 0.3 is 0 Å². The summed E-state index contributed by atoms with van der Waals surface area (Å²) in [5.74, 6) is -0.492. The summed E-state index contributed by atoms with van der Waals surface area (Å²) >= 11 is 11.9. The van der Waals surface area contributed by atoms with Gasteiger partial charge in [0, 0.05) is 25.0 Å². The second-order valence-electron chi connectivity index (χ2n) is 7.72. The lowest BCUT2D eigenvalue weighted by Crippen LogP contribution is -2.50. The van der Waals surface area contributed by atoms with Crippen LogP contribution in [0.4, 0.5) is 0 Å². The minimum atomic E-state index is -4.10. The lowest BCUT2D eigenvalue weighted by atomic mass is 10.1. The first kappa shape index (κ1) is 24.2. The van der Waals surface area contributed by atoms with E-state index in [1.165, 1.54) is 30.6 Å². The fourth-order valence-corrected chi connectivity index (χ4v) is 5.39. The molecule has 2 N–H and O–H groups in total. The Morgan fingerprint density at radius 3 is 2.56 bits per heavy atom. The molecule has 2 aromatic carbocycles. The molecule has 0 aliphatic carbocycles. The zero-order chi connectivity index (χ0) is 24.5. The predicted molar refractivity (Wildman–Crippen MR) is 126 cm³/mol. The van der Waals surface area contributed by atoms with Gasteiger partial charge in [-0.05, 0) is 36.2 Å². The van der Waals surface area contributed by atoms with Crippen LogP contribution in [0.25, 0.3) is 0 Å². The van der Waals surface area contributed by atoms with E-state index >= 15 is 0 Å². The molecule has 0 bridgehead atoms. The van der Waals surface area contributed by atoms with E-state index in [4.69, 9.17) is 23.2 Å². The predicted octanol–water partition coefficient (Wildman–Crippen LogP) is 2.89. The number of hydrogen-bond donors (Lipinski definition) is 2. The first-order valence-corrected chi connectivity index (χ1v) is 12.5. The number of halogens is 2. The maximum Gasteiger partial charge on any atom is 0.264 e. The topological polar surface area (TPSA) is 117 Å². The van der Waals surface area contributed by atoms with E-state index in [1.54, 1.807) is 10.9 Å². The van der Waals surface area contributed by atoms with Gasteiger partial charge in [0.15, 0.2) is 0 Å². The molecule has 2 heterocycles. The average molecular weight is 522 g/mol. The lowest BCUT2D eigenvalue weighted by Gasteiger charge is -2.31. The van der Waals surface area contributed by atoms with E-state index in [1.807, 2.05) is 31.2 Å². The summed E-state index contributed by atoms with van der Waals surface area (Å²) in [6.45, 7) is 1.89. The van der Waals surface area contributed by atoms with Crippen LogP contribution < -0.4 is 5.32 Å². The summed E-state index contributed by atoms with van der Waals surface area (Å²) in [7, 11) is -4.10. The second kappa shape index (κ2) is 9.75. The van der Waals surface area contributed by atoms with Crippen LogP contribution in [0.5, 0.6) is 0 Å². The van der Waals surface area contributed by atoms with Gasteiger partial charge < -0.3 is 10.4 Å². The van der Waals surface area contributed by atoms with Gasteiger partial charge in [-0.25, -0.2) is 13.1 Å². The number of benzene rings is 2. The van der Waals surface area contributed by atoms with Gasteiger partial charge in [0.2, 0.25) is 5.91 Å². The van der Waals surface area contributed by atoms with Crippen molar-refractivity contribution in [3.63, 3.8) is 0 Å². The minimum Gasteiger partial charge on any atom is -0.392 e. The highest BCUT2D eigenvalue weighted by Crippen LogP contribution is 2.29. The molecule has 0 saturated carbocycles. The van der Waals surface area contributed by atoms with Gasteiger partial charge in [-0.3, -0.25) is 9.10 Å². The van der Waals surface area contributed by atoms with Crippen LogP contribution in [0.3, 0.4) is 0 Å². The number of aliphatic hydroxyl groups is 1. The number of rotatable bonds is 7. The van der Waals surface area contributed by atoms with Gasteiger partial charge in [-0.2, -0.15) is 0 Å². The molecule has 3 aromatic rings. The molecule has 0 radical (unpaired) electrons. The third-order valence-electron chi connectivity index (χ3n) is 5.53. The Labute approximate surface area is 206 Å². The second-order valence-corrected chi connectivity index (χ2v) is 10.4. The number of carbonyl (C=O) groups excluding carboxylic acids is 1. The van der Waals surface area contributed by atoms with E-state index in [2.05, 4.69) is 15.6 Å². The summed E-state index contributed by atoms with van der Waals surface area (Å²) in [6, 6.07) is 10.2. The molecule has 178 valence electrons. The number of carbonyl (C=O) groups is 1. The van der Waals surface area contributed by atoms with Crippen molar-refractivity contribution < 1.29 is 18.3 Å². The minimum absolute atomic E-state index is 0.00684. The molecule has 9 nitrogen and oxygen atoms in total. The van der Waals surface area contributed by atoms with Crippen molar-refractivity contribution in [1.29, 1.82) is 0 Å². The average Bonchev–Trinajstić information content (AvgIpc) is 3.30. The largest absolute Gasteiger partial charge is 0.392 e. The van der Waals surface area contributed by atoms with E-state index in [9.17, 15) is 18.3 Å². The summed E-state index contributed by atoms with van der Waals surface area (Å²) in [5.41, 5.74) is 2.20. The molecule has 4 rings (SSSR count). The molecular formula is C22H21Cl2N5O4S. The molecule has 2 atom stereocenters.